The van der Waals surface area contributed by atoms with Crippen LogP contribution >= 0.6 is 23.2 Å². The Hall–Kier alpha value is -2.87. The van der Waals surface area contributed by atoms with Crippen molar-refractivity contribution in [1.82, 2.24) is 4.98 Å². The Balaban J connectivity index is 1.34. The number of benzene rings is 3. The molecule has 9 heteroatoms. The van der Waals surface area contributed by atoms with Crippen molar-refractivity contribution >= 4 is 55.7 Å². The molecule has 6 nitrogen and oxygen atoms in total. The number of oxazole rings is 1. The standard InChI is InChI=1S/C26H22Cl2N2O4S/c1-2-35(32,33)18-9-7-16(8-10-18)13-23(31)29-17-14-19(27)24(20(28)15-17)26(11-12-26)25-30-21-5-3-4-6-22(21)34-25/h3-10,14-15H,2,11-13H2,1H3,(H,29,31). The summed E-state index contributed by atoms with van der Waals surface area (Å²) in [5, 5.41) is 3.69. The number of hydrogen-bond acceptors (Lipinski definition) is 5. The van der Waals surface area contributed by atoms with Gasteiger partial charge in [-0.3, -0.25) is 4.79 Å². The van der Waals surface area contributed by atoms with Crippen LogP contribution in [0.4, 0.5) is 5.69 Å². The van der Waals surface area contributed by atoms with Crippen LogP contribution in [0.25, 0.3) is 11.1 Å². The maximum atomic E-state index is 12.6. The number of nitrogens with zero attached hydrogens (tertiary/aromatic N) is 1. The summed E-state index contributed by atoms with van der Waals surface area (Å²) in [6.45, 7) is 1.59. The summed E-state index contributed by atoms with van der Waals surface area (Å²) >= 11 is 13.3. The van der Waals surface area contributed by atoms with Crippen molar-refractivity contribution in [2.24, 2.45) is 0 Å². The van der Waals surface area contributed by atoms with Gasteiger partial charge in [-0.2, -0.15) is 0 Å². The fraction of sp³-hybridized carbons (Fsp3) is 0.231. The van der Waals surface area contributed by atoms with Gasteiger partial charge in [-0.1, -0.05) is 54.4 Å². The molecule has 1 heterocycles. The molecule has 0 bridgehead atoms. The van der Waals surface area contributed by atoms with Gasteiger partial charge in [-0.15, -0.1) is 0 Å². The van der Waals surface area contributed by atoms with Crippen molar-refractivity contribution in [3.05, 3.63) is 87.7 Å². The molecule has 0 radical (unpaired) electrons. The number of fused-ring (bicyclic) bond motifs is 1. The number of carbonyl (C=O) groups is 1. The second-order valence-electron chi connectivity index (χ2n) is 8.66. The molecule has 0 spiro atoms. The number of anilines is 1. The van der Waals surface area contributed by atoms with E-state index >= 15 is 0 Å². The Bertz CT molecular complexity index is 1490. The van der Waals surface area contributed by atoms with E-state index in [2.05, 4.69) is 10.3 Å². The summed E-state index contributed by atoms with van der Waals surface area (Å²) in [5.41, 5.74) is 2.94. The topological polar surface area (TPSA) is 89.3 Å². The molecule has 0 unspecified atom stereocenters. The van der Waals surface area contributed by atoms with Crippen molar-refractivity contribution in [2.45, 2.75) is 36.5 Å². The predicted octanol–water partition coefficient (Wildman–Crippen LogP) is 6.19. The predicted molar refractivity (Wildman–Crippen MR) is 137 cm³/mol. The van der Waals surface area contributed by atoms with Gasteiger partial charge in [0.15, 0.2) is 15.4 Å². The van der Waals surface area contributed by atoms with Gasteiger partial charge in [0.05, 0.1) is 22.5 Å². The molecule has 180 valence electrons. The molecule has 35 heavy (non-hydrogen) atoms. The number of sulfone groups is 1. The zero-order chi connectivity index (χ0) is 24.8. The Morgan fingerprint density at radius 3 is 2.31 bits per heavy atom. The Kier molecular flexibility index (Phi) is 6.11. The maximum Gasteiger partial charge on any atom is 0.228 e. The maximum absolute atomic E-state index is 12.6. The lowest BCUT2D eigenvalue weighted by Gasteiger charge is -2.17. The smallest absolute Gasteiger partial charge is 0.228 e. The van der Waals surface area contributed by atoms with Crippen LogP contribution in [0, 0.1) is 0 Å². The molecule has 0 atom stereocenters. The zero-order valence-electron chi connectivity index (χ0n) is 18.8. The summed E-state index contributed by atoms with van der Waals surface area (Å²) in [4.78, 5) is 17.5. The molecule has 0 saturated heterocycles. The Morgan fingerprint density at radius 1 is 1.06 bits per heavy atom. The molecule has 1 N–H and O–H groups in total. The highest BCUT2D eigenvalue weighted by atomic mass is 35.5. The van der Waals surface area contributed by atoms with E-state index in [4.69, 9.17) is 27.6 Å². The van der Waals surface area contributed by atoms with Crippen molar-refractivity contribution in [2.75, 3.05) is 11.1 Å². The Labute approximate surface area is 213 Å². The summed E-state index contributed by atoms with van der Waals surface area (Å²) in [5.74, 6) is 0.349. The fourth-order valence-electron chi connectivity index (χ4n) is 4.25. The van der Waals surface area contributed by atoms with E-state index in [0.717, 1.165) is 23.9 Å². The largest absolute Gasteiger partial charge is 0.440 e. The van der Waals surface area contributed by atoms with Crippen LogP contribution in [0.1, 0.15) is 36.8 Å². The first-order valence-corrected chi connectivity index (χ1v) is 13.6. The molecule has 4 aromatic rings. The monoisotopic (exact) mass is 528 g/mol. The van der Waals surface area contributed by atoms with E-state index in [1.54, 1.807) is 31.2 Å². The number of hydrogen-bond donors (Lipinski definition) is 1. The number of aromatic nitrogens is 1. The molecule has 1 amide bonds. The van der Waals surface area contributed by atoms with Crippen LogP contribution in [0.3, 0.4) is 0 Å². The number of amides is 1. The normalized spacial score (nSPS) is 14.7. The number of para-hydroxylation sites is 2. The van der Waals surface area contributed by atoms with Crippen molar-refractivity contribution in [3.8, 4) is 0 Å². The minimum Gasteiger partial charge on any atom is -0.440 e. The van der Waals surface area contributed by atoms with Crippen LogP contribution in [0.5, 0.6) is 0 Å². The van der Waals surface area contributed by atoms with Crippen LogP contribution < -0.4 is 5.32 Å². The minimum atomic E-state index is -3.28. The van der Waals surface area contributed by atoms with Gasteiger partial charge in [0.25, 0.3) is 0 Å². The van der Waals surface area contributed by atoms with E-state index in [9.17, 15) is 13.2 Å². The lowest BCUT2D eigenvalue weighted by Crippen LogP contribution is -2.16. The summed E-state index contributed by atoms with van der Waals surface area (Å²) in [7, 11) is -3.28. The van der Waals surface area contributed by atoms with E-state index in [1.165, 1.54) is 12.1 Å². The third-order valence-corrected chi connectivity index (χ3v) is 8.63. The van der Waals surface area contributed by atoms with E-state index in [0.29, 0.717) is 32.8 Å². The van der Waals surface area contributed by atoms with Gasteiger partial charge in [0.1, 0.15) is 5.52 Å². The molecular formula is C26H22Cl2N2O4S. The number of halogens is 2. The quantitative estimate of drug-likeness (QED) is 0.309. The van der Waals surface area contributed by atoms with E-state index in [-0.39, 0.29) is 23.0 Å². The molecule has 1 aliphatic carbocycles. The number of carbonyl (C=O) groups excluding carboxylic acids is 1. The lowest BCUT2D eigenvalue weighted by molar-refractivity contribution is -0.115. The van der Waals surface area contributed by atoms with E-state index < -0.39 is 15.3 Å². The van der Waals surface area contributed by atoms with Gasteiger partial charge < -0.3 is 9.73 Å². The SMILES string of the molecule is CCS(=O)(=O)c1ccc(CC(=O)Nc2cc(Cl)c(C3(c4nc5ccccc5o4)CC3)c(Cl)c2)cc1. The van der Waals surface area contributed by atoms with E-state index in [1.807, 2.05) is 24.3 Å². The molecular weight excluding hydrogens is 507 g/mol. The van der Waals surface area contributed by atoms with Gasteiger partial charge in [-0.25, -0.2) is 13.4 Å². The van der Waals surface area contributed by atoms with Crippen LogP contribution in [0.2, 0.25) is 10.0 Å². The second-order valence-corrected chi connectivity index (χ2v) is 11.7. The summed E-state index contributed by atoms with van der Waals surface area (Å²) in [6, 6.07) is 17.3. The van der Waals surface area contributed by atoms with Gasteiger partial charge in [0, 0.05) is 21.3 Å². The fourth-order valence-corrected chi connectivity index (χ4v) is 5.98. The lowest BCUT2D eigenvalue weighted by atomic mass is 9.95. The first kappa shape index (κ1) is 23.9. The summed E-state index contributed by atoms with van der Waals surface area (Å²) < 4.78 is 29.9. The van der Waals surface area contributed by atoms with Crippen molar-refractivity contribution in [3.63, 3.8) is 0 Å². The second kappa shape index (κ2) is 8.97. The van der Waals surface area contributed by atoms with Gasteiger partial charge in [-0.05, 0) is 54.8 Å². The highest BCUT2D eigenvalue weighted by molar-refractivity contribution is 7.91. The Morgan fingerprint density at radius 2 is 1.71 bits per heavy atom. The molecule has 1 aliphatic rings. The average Bonchev–Trinajstić information content (AvgIpc) is 3.49. The molecule has 3 aromatic carbocycles. The molecule has 1 fully saturated rings. The molecule has 1 aromatic heterocycles. The highest BCUT2D eigenvalue weighted by Gasteiger charge is 2.52. The van der Waals surface area contributed by atoms with Crippen molar-refractivity contribution in [1.29, 1.82) is 0 Å². The van der Waals surface area contributed by atoms with Crippen molar-refractivity contribution < 1.29 is 17.6 Å². The molecule has 1 saturated carbocycles. The number of rotatable bonds is 7. The zero-order valence-corrected chi connectivity index (χ0v) is 21.2. The summed E-state index contributed by atoms with van der Waals surface area (Å²) in [6.07, 6.45) is 1.71. The number of nitrogens with one attached hydrogen (secondary N) is 1. The van der Waals surface area contributed by atoms with Crippen LogP contribution in [-0.4, -0.2) is 25.1 Å². The third-order valence-electron chi connectivity index (χ3n) is 6.28. The average molecular weight is 529 g/mol. The molecule has 5 rings (SSSR count). The molecule has 0 aliphatic heterocycles. The van der Waals surface area contributed by atoms with Gasteiger partial charge >= 0.3 is 0 Å². The van der Waals surface area contributed by atoms with Crippen LogP contribution in [-0.2, 0) is 26.5 Å². The van der Waals surface area contributed by atoms with Gasteiger partial charge in [0.2, 0.25) is 11.8 Å². The first-order chi connectivity index (χ1) is 16.7. The highest BCUT2D eigenvalue weighted by Crippen LogP contribution is 2.57. The first-order valence-electron chi connectivity index (χ1n) is 11.2. The van der Waals surface area contributed by atoms with Crippen LogP contribution in [0.15, 0.2) is 70.0 Å². The minimum absolute atomic E-state index is 0.0258. The third kappa shape index (κ3) is 4.56.